The Morgan fingerprint density at radius 1 is 1.36 bits per heavy atom. The fourth-order valence-corrected chi connectivity index (χ4v) is 2.67. The monoisotopic (exact) mass is 150 g/mol. The molecule has 1 aliphatic rings. The summed E-state index contributed by atoms with van der Waals surface area (Å²) < 4.78 is 0. The maximum Gasteiger partial charge on any atom is 0.152 e. The molecule has 0 aromatic heterocycles. The molecule has 62 valence electrons. The third-order valence-corrected chi connectivity index (χ3v) is 3.37. The molecule has 1 unspecified atom stereocenters. The van der Waals surface area contributed by atoms with Crippen LogP contribution < -0.4 is 0 Å². The Morgan fingerprint density at radius 2 is 1.82 bits per heavy atom. The molecule has 0 saturated carbocycles. The van der Waals surface area contributed by atoms with Gasteiger partial charge in [-0.15, -0.1) is 6.58 Å². The molecule has 0 nitrogen and oxygen atoms in total. The first kappa shape index (κ1) is 8.90. The number of hydrogen-bond acceptors (Lipinski definition) is 0. The summed E-state index contributed by atoms with van der Waals surface area (Å²) in [5.74, 6) is 2.54. The third-order valence-electron chi connectivity index (χ3n) is 3.37. The molecule has 0 bridgehead atoms. The molecule has 0 aromatic rings. The zero-order valence-electron chi connectivity index (χ0n) is 8.01. The zero-order valence-corrected chi connectivity index (χ0v) is 8.01. The van der Waals surface area contributed by atoms with Gasteiger partial charge in [-0.1, -0.05) is 51.3 Å². The molecule has 0 spiro atoms. The molecule has 3 atom stereocenters. The maximum atomic E-state index is 3.87. The van der Waals surface area contributed by atoms with Gasteiger partial charge in [0.2, 0.25) is 0 Å². The summed E-state index contributed by atoms with van der Waals surface area (Å²) >= 11 is 0. The fourth-order valence-electron chi connectivity index (χ4n) is 2.67. The van der Waals surface area contributed by atoms with Gasteiger partial charge in [0, 0.05) is 0 Å². The summed E-state index contributed by atoms with van der Waals surface area (Å²) in [5.41, 5.74) is 0. The molecule has 0 radical (unpaired) electrons. The lowest BCUT2D eigenvalue weighted by Crippen LogP contribution is -2.21. The van der Waals surface area contributed by atoms with Crippen molar-refractivity contribution in [2.45, 2.75) is 51.1 Å². The molecule has 1 rings (SSSR count). The third kappa shape index (κ3) is 1.69. The van der Waals surface area contributed by atoms with Crippen LogP contribution in [0.3, 0.4) is 0 Å². The summed E-state index contributed by atoms with van der Waals surface area (Å²) in [6, 6.07) is 0. The van der Waals surface area contributed by atoms with Crippen LogP contribution in [0.25, 0.3) is 0 Å². The summed E-state index contributed by atoms with van der Waals surface area (Å²) in [5, 5.41) is 0. The Labute approximate surface area is 71.2 Å². The van der Waals surface area contributed by atoms with Crippen LogP contribution in [0, 0.1) is 0 Å². The highest BCUT2D eigenvalue weighted by Crippen LogP contribution is 2.43. The second-order valence-electron chi connectivity index (χ2n) is 4.20. The van der Waals surface area contributed by atoms with Crippen molar-refractivity contribution in [1.29, 1.82) is 0 Å². The molecular formula is C10H19B. The Hall–Kier alpha value is -0.195. The molecule has 0 aromatic carbocycles. The minimum atomic E-state index is 0.711. The average molecular weight is 150 g/mol. The standard InChI is InChI=1S/C10H19B/c1-5-8(2)11-9(3)6-7-10(11)4/h5,8-10H,1,6-7H2,2-4H3/t8?,9-,10-/m1/s1. The van der Waals surface area contributed by atoms with E-state index in [0.717, 1.165) is 18.3 Å². The van der Waals surface area contributed by atoms with Gasteiger partial charge < -0.3 is 0 Å². The van der Waals surface area contributed by atoms with Crippen molar-refractivity contribution in [3.05, 3.63) is 12.7 Å². The minimum Gasteiger partial charge on any atom is -0.104 e. The van der Waals surface area contributed by atoms with E-state index in [-0.39, 0.29) is 0 Å². The highest BCUT2D eigenvalue weighted by Gasteiger charge is 2.36. The SMILES string of the molecule is C=CC(C)B1[C@H](C)CC[C@H]1C. The lowest BCUT2D eigenvalue weighted by molar-refractivity contribution is 0.765. The van der Waals surface area contributed by atoms with E-state index in [2.05, 4.69) is 33.4 Å². The highest BCUT2D eigenvalue weighted by molar-refractivity contribution is 6.64. The van der Waals surface area contributed by atoms with Crippen LogP contribution in [0.5, 0.6) is 0 Å². The molecule has 1 heterocycles. The van der Waals surface area contributed by atoms with E-state index in [0.29, 0.717) is 5.82 Å². The van der Waals surface area contributed by atoms with Crippen LogP contribution in [0.15, 0.2) is 12.7 Å². The van der Waals surface area contributed by atoms with Crippen molar-refractivity contribution in [1.82, 2.24) is 0 Å². The van der Waals surface area contributed by atoms with Gasteiger partial charge in [0.1, 0.15) is 0 Å². The van der Waals surface area contributed by atoms with Gasteiger partial charge in [0.15, 0.2) is 6.71 Å². The fraction of sp³-hybridized carbons (Fsp3) is 0.800. The Bertz CT molecular complexity index is 132. The Balaban J connectivity index is 2.60. The van der Waals surface area contributed by atoms with E-state index in [9.17, 15) is 0 Å². The molecule has 1 saturated heterocycles. The lowest BCUT2D eigenvalue weighted by atomic mass is 9.32. The van der Waals surface area contributed by atoms with E-state index >= 15 is 0 Å². The molecule has 0 aliphatic carbocycles. The first-order valence-electron chi connectivity index (χ1n) is 4.79. The second-order valence-corrected chi connectivity index (χ2v) is 4.20. The zero-order chi connectivity index (χ0) is 8.43. The molecule has 1 aliphatic heterocycles. The first-order valence-corrected chi connectivity index (χ1v) is 4.79. The first-order chi connectivity index (χ1) is 5.16. The number of rotatable bonds is 2. The maximum absolute atomic E-state index is 3.87. The normalized spacial score (nSPS) is 33.9. The van der Waals surface area contributed by atoms with Crippen LogP contribution in [-0.2, 0) is 0 Å². The molecule has 1 heteroatoms. The lowest BCUT2D eigenvalue weighted by Gasteiger charge is -2.20. The van der Waals surface area contributed by atoms with Gasteiger partial charge >= 0.3 is 0 Å². The summed E-state index contributed by atoms with van der Waals surface area (Å²) in [7, 11) is 0. The molecular weight excluding hydrogens is 131 g/mol. The average Bonchev–Trinajstić information content (AvgIpc) is 2.30. The van der Waals surface area contributed by atoms with Gasteiger partial charge in [-0.3, -0.25) is 0 Å². The minimum absolute atomic E-state index is 0.711. The highest BCUT2D eigenvalue weighted by atomic mass is 14.2. The van der Waals surface area contributed by atoms with Crippen LogP contribution in [0.1, 0.15) is 33.6 Å². The molecule has 0 amide bonds. The van der Waals surface area contributed by atoms with E-state index in [1.54, 1.807) is 0 Å². The van der Waals surface area contributed by atoms with Crippen molar-refractivity contribution in [2.24, 2.45) is 0 Å². The second kappa shape index (κ2) is 3.47. The number of hydrogen-bond donors (Lipinski definition) is 0. The van der Waals surface area contributed by atoms with Crippen molar-refractivity contribution < 1.29 is 0 Å². The van der Waals surface area contributed by atoms with E-state index in [4.69, 9.17) is 0 Å². The van der Waals surface area contributed by atoms with Crippen LogP contribution >= 0.6 is 0 Å². The van der Waals surface area contributed by atoms with Crippen molar-refractivity contribution in [2.75, 3.05) is 0 Å². The van der Waals surface area contributed by atoms with Crippen molar-refractivity contribution in [3.8, 4) is 0 Å². The predicted molar refractivity (Wildman–Crippen MR) is 53.5 cm³/mol. The van der Waals surface area contributed by atoms with E-state index in [1.807, 2.05) is 0 Å². The summed E-state index contributed by atoms with van der Waals surface area (Å²) in [4.78, 5) is 0. The topological polar surface area (TPSA) is 0 Å². The van der Waals surface area contributed by atoms with E-state index < -0.39 is 0 Å². The van der Waals surface area contributed by atoms with Gasteiger partial charge in [-0.2, -0.15) is 0 Å². The predicted octanol–water partition coefficient (Wildman–Crippen LogP) is 3.63. The summed E-state index contributed by atoms with van der Waals surface area (Å²) in [6.07, 6.45) is 4.96. The Morgan fingerprint density at radius 3 is 2.18 bits per heavy atom. The quantitative estimate of drug-likeness (QED) is 0.416. The molecule has 11 heavy (non-hydrogen) atoms. The van der Waals surface area contributed by atoms with Gasteiger partial charge in [-0.25, -0.2) is 0 Å². The number of allylic oxidation sites excluding steroid dienone is 1. The van der Waals surface area contributed by atoms with Gasteiger partial charge in [0.25, 0.3) is 0 Å². The van der Waals surface area contributed by atoms with Gasteiger partial charge in [0.05, 0.1) is 0 Å². The summed E-state index contributed by atoms with van der Waals surface area (Å²) in [6.45, 7) is 11.8. The Kier molecular flexibility index (Phi) is 2.81. The van der Waals surface area contributed by atoms with Crippen molar-refractivity contribution in [3.63, 3.8) is 0 Å². The molecule has 0 N–H and O–H groups in total. The van der Waals surface area contributed by atoms with Crippen molar-refractivity contribution >= 4 is 6.71 Å². The molecule has 1 fully saturated rings. The van der Waals surface area contributed by atoms with Crippen LogP contribution in [0.2, 0.25) is 17.5 Å². The van der Waals surface area contributed by atoms with Gasteiger partial charge in [-0.05, 0) is 5.82 Å². The van der Waals surface area contributed by atoms with E-state index in [1.165, 1.54) is 12.8 Å². The van der Waals surface area contributed by atoms with Crippen LogP contribution in [-0.4, -0.2) is 6.71 Å². The smallest absolute Gasteiger partial charge is 0.104 e. The largest absolute Gasteiger partial charge is 0.152 e. The van der Waals surface area contributed by atoms with Crippen LogP contribution in [0.4, 0.5) is 0 Å².